The smallest absolute Gasteiger partial charge is 0.432 e. The number of aliphatic hydroxyl groups is 1. The number of azide groups is 1. The number of ether oxygens (including phenoxy) is 8. The highest BCUT2D eigenvalue weighted by atomic mass is 16.7. The normalized spacial score (nSPS) is 13.8. The molecule has 0 aromatic heterocycles. The first kappa shape index (κ1) is 31.8. The third-order valence-corrected chi connectivity index (χ3v) is 3.07. The Labute approximate surface area is 187 Å². The fourth-order valence-corrected chi connectivity index (χ4v) is 1.46. The molecule has 0 heterocycles. The van der Waals surface area contributed by atoms with Crippen LogP contribution in [-0.2, 0) is 37.9 Å². The maximum Gasteiger partial charge on any atom is 0.508 e. The summed E-state index contributed by atoms with van der Waals surface area (Å²) in [6.45, 7) is 6.90. The minimum absolute atomic E-state index is 0.0659. The average Bonchev–Trinajstić information content (AvgIpc) is 2.77. The Morgan fingerprint density at radius 1 is 0.844 bits per heavy atom. The molecule has 0 rings (SSSR count). The van der Waals surface area contributed by atoms with E-state index in [0.717, 1.165) is 0 Å². The number of rotatable bonds is 15. The second-order valence-corrected chi connectivity index (χ2v) is 6.34. The highest BCUT2D eigenvalue weighted by Crippen LogP contribution is 1.99. The van der Waals surface area contributed by atoms with Crippen LogP contribution >= 0.6 is 0 Å². The van der Waals surface area contributed by atoms with Gasteiger partial charge in [0.15, 0.2) is 0 Å². The second kappa shape index (κ2) is 21.9. The van der Waals surface area contributed by atoms with Crippen molar-refractivity contribution in [3.63, 3.8) is 0 Å². The molecule has 0 fully saturated rings. The highest BCUT2D eigenvalue weighted by Gasteiger charge is 2.13. The lowest BCUT2D eigenvalue weighted by Gasteiger charge is -2.14. The Morgan fingerprint density at radius 3 is 1.66 bits per heavy atom. The Balaban J connectivity index is 0. The molecular weight excluding hydrogens is 434 g/mol. The zero-order valence-electron chi connectivity index (χ0n) is 19.4. The van der Waals surface area contributed by atoms with E-state index in [4.69, 9.17) is 34.3 Å². The molecule has 188 valence electrons. The number of methoxy groups -OCH3 is 2. The molecule has 0 saturated heterocycles. The molecule has 1 N–H and O–H groups in total. The molecule has 4 atom stereocenters. The molecule has 0 saturated carbocycles. The van der Waals surface area contributed by atoms with Crippen molar-refractivity contribution < 1.29 is 52.6 Å². The lowest BCUT2D eigenvalue weighted by atomic mass is 10.4. The summed E-state index contributed by atoms with van der Waals surface area (Å²) in [5.41, 5.74) is 8.07. The number of carbonyl (C=O) groups excluding carboxylic acids is 2. The van der Waals surface area contributed by atoms with Gasteiger partial charge < -0.3 is 43.0 Å². The van der Waals surface area contributed by atoms with Gasteiger partial charge in [0.2, 0.25) is 0 Å². The first-order chi connectivity index (χ1) is 15.2. The van der Waals surface area contributed by atoms with E-state index in [9.17, 15) is 9.59 Å². The van der Waals surface area contributed by atoms with Gasteiger partial charge in [-0.25, -0.2) is 9.59 Å². The van der Waals surface area contributed by atoms with Crippen LogP contribution in [0.25, 0.3) is 10.4 Å². The van der Waals surface area contributed by atoms with Crippen LogP contribution in [0.2, 0.25) is 0 Å². The topological polar surface area (TPSA) is 177 Å². The number of hydrogen-bond donors (Lipinski definition) is 1. The van der Waals surface area contributed by atoms with E-state index in [-0.39, 0.29) is 52.2 Å². The molecule has 0 spiro atoms. The lowest BCUT2D eigenvalue weighted by Crippen LogP contribution is -2.24. The van der Waals surface area contributed by atoms with Gasteiger partial charge in [0.25, 0.3) is 0 Å². The van der Waals surface area contributed by atoms with Crippen LogP contribution in [0.5, 0.6) is 0 Å². The zero-order chi connectivity index (χ0) is 24.8. The third kappa shape index (κ3) is 22.3. The predicted molar refractivity (Wildman–Crippen MR) is 110 cm³/mol. The molecule has 0 radical (unpaired) electrons. The van der Waals surface area contributed by atoms with Gasteiger partial charge >= 0.3 is 12.3 Å². The minimum atomic E-state index is -0.821. The summed E-state index contributed by atoms with van der Waals surface area (Å²) < 4.78 is 38.5. The van der Waals surface area contributed by atoms with Crippen molar-refractivity contribution in [3.05, 3.63) is 10.4 Å². The molecule has 4 unspecified atom stereocenters. The average molecular weight is 469 g/mol. The van der Waals surface area contributed by atoms with E-state index in [0.29, 0.717) is 0 Å². The van der Waals surface area contributed by atoms with Crippen molar-refractivity contribution in [2.75, 3.05) is 54.2 Å². The predicted octanol–water partition coefficient (Wildman–Crippen LogP) is 2.38. The van der Waals surface area contributed by atoms with Gasteiger partial charge in [0.05, 0.1) is 25.4 Å². The Hall–Kier alpha value is -2.35. The molecule has 0 bridgehead atoms. The van der Waals surface area contributed by atoms with E-state index >= 15 is 0 Å². The molecular formula is C18H35N3O11. The summed E-state index contributed by atoms with van der Waals surface area (Å²) in [6.07, 6.45) is -3.26. The van der Waals surface area contributed by atoms with Crippen molar-refractivity contribution in [3.8, 4) is 0 Å². The summed E-state index contributed by atoms with van der Waals surface area (Å²) in [6, 6.07) is 0. The van der Waals surface area contributed by atoms with E-state index in [1.165, 1.54) is 14.2 Å². The maximum atomic E-state index is 11.1. The lowest BCUT2D eigenvalue weighted by molar-refractivity contribution is -0.0885. The number of carbonyl (C=O) groups is 2. The van der Waals surface area contributed by atoms with E-state index in [1.54, 1.807) is 27.7 Å². The molecule has 0 aliphatic heterocycles. The number of hydrogen-bond acceptors (Lipinski definition) is 12. The van der Waals surface area contributed by atoms with Gasteiger partial charge in [-0.1, -0.05) is 5.11 Å². The Morgan fingerprint density at radius 2 is 1.28 bits per heavy atom. The molecule has 0 aliphatic rings. The zero-order valence-corrected chi connectivity index (χ0v) is 19.4. The van der Waals surface area contributed by atoms with E-state index in [1.807, 2.05) is 0 Å². The Bertz CT molecular complexity index is 532. The molecule has 14 nitrogen and oxygen atoms in total. The van der Waals surface area contributed by atoms with Gasteiger partial charge in [-0.2, -0.15) is 0 Å². The van der Waals surface area contributed by atoms with Gasteiger partial charge in [-0.15, -0.1) is 0 Å². The van der Waals surface area contributed by atoms with Crippen LogP contribution in [-0.4, -0.2) is 96.0 Å². The standard InChI is InChI=1S/C9H17N3O5.C9H18O6/c1-7(4-11-12-10)17-9(13)15-5-8(2)16-6-14-3;1-7(4-10)15-9(11)13-5-8(2)14-6-12-3/h7-8H,4-6H2,1-3H3;7-8,10H,4-6H2,1-3H3. The third-order valence-electron chi connectivity index (χ3n) is 3.07. The Kier molecular flexibility index (Phi) is 21.8. The largest absolute Gasteiger partial charge is 0.508 e. The molecule has 0 aromatic carbocycles. The number of aliphatic hydroxyl groups excluding tert-OH is 1. The monoisotopic (exact) mass is 469 g/mol. The molecule has 32 heavy (non-hydrogen) atoms. The van der Waals surface area contributed by atoms with Gasteiger partial charge in [0, 0.05) is 19.1 Å². The van der Waals surface area contributed by atoms with E-state index in [2.05, 4.69) is 24.2 Å². The fraction of sp³-hybridized carbons (Fsp3) is 0.889. The minimum Gasteiger partial charge on any atom is -0.432 e. The summed E-state index contributed by atoms with van der Waals surface area (Å²) in [5, 5.41) is 11.9. The maximum absolute atomic E-state index is 11.1. The SMILES string of the molecule is COCOC(C)COC(=O)OC(C)CN=[N+]=[N-].COCOC(C)COC(=O)OC(C)CO. The first-order valence-corrected chi connectivity index (χ1v) is 9.69. The van der Waals surface area contributed by atoms with Crippen LogP contribution in [0.1, 0.15) is 27.7 Å². The summed E-state index contributed by atoms with van der Waals surface area (Å²) in [7, 11) is 3.00. The summed E-state index contributed by atoms with van der Waals surface area (Å²) >= 11 is 0. The second-order valence-electron chi connectivity index (χ2n) is 6.34. The first-order valence-electron chi connectivity index (χ1n) is 9.69. The fourth-order valence-electron chi connectivity index (χ4n) is 1.46. The molecule has 0 amide bonds. The van der Waals surface area contributed by atoms with Crippen molar-refractivity contribution in [2.24, 2.45) is 5.11 Å². The van der Waals surface area contributed by atoms with Crippen molar-refractivity contribution >= 4 is 12.3 Å². The van der Waals surface area contributed by atoms with Gasteiger partial charge in [-0.05, 0) is 33.2 Å². The quantitative estimate of drug-likeness (QED) is 0.122. The van der Waals surface area contributed by atoms with Crippen LogP contribution in [0, 0.1) is 0 Å². The van der Waals surface area contributed by atoms with Crippen LogP contribution in [0.3, 0.4) is 0 Å². The van der Waals surface area contributed by atoms with Crippen molar-refractivity contribution in [2.45, 2.75) is 52.1 Å². The van der Waals surface area contributed by atoms with Crippen molar-refractivity contribution in [1.82, 2.24) is 0 Å². The van der Waals surface area contributed by atoms with Crippen molar-refractivity contribution in [1.29, 1.82) is 0 Å². The van der Waals surface area contributed by atoms with Crippen LogP contribution in [0.15, 0.2) is 5.11 Å². The highest BCUT2D eigenvalue weighted by molar-refractivity contribution is 5.60. The van der Waals surface area contributed by atoms with Gasteiger partial charge in [-0.3, -0.25) is 0 Å². The molecule has 14 heteroatoms. The number of nitrogens with zero attached hydrogens (tertiary/aromatic N) is 3. The van der Waals surface area contributed by atoms with Gasteiger partial charge in [0.1, 0.15) is 39.0 Å². The van der Waals surface area contributed by atoms with Crippen LogP contribution in [0.4, 0.5) is 9.59 Å². The van der Waals surface area contributed by atoms with E-state index < -0.39 is 24.5 Å². The summed E-state index contributed by atoms with van der Waals surface area (Å²) in [5.74, 6) is 0. The van der Waals surface area contributed by atoms with Crippen LogP contribution < -0.4 is 0 Å². The summed E-state index contributed by atoms with van der Waals surface area (Å²) in [4.78, 5) is 24.6. The molecule has 0 aromatic rings. The molecule has 0 aliphatic carbocycles.